The van der Waals surface area contributed by atoms with Gasteiger partial charge in [0.1, 0.15) is 0 Å². The second-order valence-electron chi connectivity index (χ2n) is 3.35. The second-order valence-corrected chi connectivity index (χ2v) is 3.35. The minimum absolute atomic E-state index is 0.0753. The minimum Gasteiger partial charge on any atom is -0.393 e. The van der Waals surface area contributed by atoms with E-state index in [0.717, 1.165) is 0 Å². The van der Waals surface area contributed by atoms with E-state index < -0.39 is 6.04 Å². The summed E-state index contributed by atoms with van der Waals surface area (Å²) in [6, 6.07) is -0.547. The van der Waals surface area contributed by atoms with Crippen LogP contribution in [0.25, 0.3) is 0 Å². The number of rotatable bonds is 3. The van der Waals surface area contributed by atoms with Crippen molar-refractivity contribution < 1.29 is 9.90 Å². The molecule has 0 spiro atoms. The van der Waals surface area contributed by atoms with Crippen LogP contribution in [0.1, 0.15) is 19.3 Å². The zero-order valence-corrected chi connectivity index (χ0v) is 7.36. The molecule has 0 radical (unpaired) electrons. The largest absolute Gasteiger partial charge is 0.393 e. The number of terminal acetylenes is 1. The molecule has 0 aromatic heterocycles. The monoisotopic (exact) mass is 182 g/mol. The molecule has 1 atom stereocenters. The summed E-state index contributed by atoms with van der Waals surface area (Å²) in [6.07, 6.45) is 6.24. The first-order valence-electron chi connectivity index (χ1n) is 4.31. The maximum atomic E-state index is 11.2. The predicted octanol–water partition coefficient (Wildman–Crippen LogP) is -1.02. The van der Waals surface area contributed by atoms with Crippen molar-refractivity contribution in [2.24, 2.45) is 5.73 Å². The molecule has 0 aliphatic heterocycles. The molecule has 4 nitrogen and oxygen atoms in total. The Morgan fingerprint density at radius 1 is 1.77 bits per heavy atom. The number of carbonyl (C=O) groups excluding carboxylic acids is 1. The van der Waals surface area contributed by atoms with Crippen LogP contribution >= 0.6 is 0 Å². The normalized spacial score (nSPS) is 28.4. The topological polar surface area (TPSA) is 75.4 Å². The molecular formula is C9H14N2O2. The summed E-state index contributed by atoms with van der Waals surface area (Å²) in [5.74, 6) is 2.10. The maximum Gasteiger partial charge on any atom is 0.238 e. The highest BCUT2D eigenvalue weighted by Crippen LogP contribution is 2.19. The van der Waals surface area contributed by atoms with Gasteiger partial charge in [0.15, 0.2) is 0 Å². The Labute approximate surface area is 77.5 Å². The molecule has 1 aliphatic carbocycles. The molecule has 1 aliphatic rings. The van der Waals surface area contributed by atoms with Crippen LogP contribution in [0.4, 0.5) is 0 Å². The lowest BCUT2D eigenvalue weighted by Gasteiger charge is -2.32. The molecule has 4 N–H and O–H groups in total. The van der Waals surface area contributed by atoms with Gasteiger partial charge < -0.3 is 16.2 Å². The van der Waals surface area contributed by atoms with Crippen LogP contribution in [0.5, 0.6) is 0 Å². The molecule has 1 saturated carbocycles. The molecular weight excluding hydrogens is 168 g/mol. The molecule has 0 saturated heterocycles. The number of amides is 1. The lowest BCUT2D eigenvalue weighted by Crippen LogP contribution is -2.51. The van der Waals surface area contributed by atoms with E-state index in [-0.39, 0.29) is 24.5 Å². The van der Waals surface area contributed by atoms with Gasteiger partial charge in [-0.25, -0.2) is 0 Å². The molecule has 1 amide bonds. The fraction of sp³-hybridized carbons (Fsp3) is 0.667. The first kappa shape index (κ1) is 10.0. The van der Waals surface area contributed by atoms with Crippen LogP contribution in [-0.4, -0.2) is 29.2 Å². The Morgan fingerprint density at radius 2 is 2.38 bits per heavy atom. The first-order chi connectivity index (χ1) is 6.13. The van der Waals surface area contributed by atoms with Crippen molar-refractivity contribution in [3.8, 4) is 12.3 Å². The van der Waals surface area contributed by atoms with Gasteiger partial charge in [0.2, 0.25) is 5.91 Å². The third-order valence-electron chi connectivity index (χ3n) is 2.13. The third-order valence-corrected chi connectivity index (χ3v) is 2.13. The van der Waals surface area contributed by atoms with Crippen molar-refractivity contribution in [2.45, 2.75) is 37.5 Å². The summed E-state index contributed by atoms with van der Waals surface area (Å²) in [7, 11) is 0. The van der Waals surface area contributed by atoms with Crippen LogP contribution in [0.15, 0.2) is 0 Å². The average Bonchev–Trinajstić information content (AvgIpc) is 2.02. The minimum atomic E-state index is -0.622. The average molecular weight is 182 g/mol. The van der Waals surface area contributed by atoms with Gasteiger partial charge in [0.25, 0.3) is 0 Å². The molecule has 13 heavy (non-hydrogen) atoms. The van der Waals surface area contributed by atoms with E-state index in [1.807, 2.05) is 0 Å². The quantitative estimate of drug-likeness (QED) is 0.489. The maximum absolute atomic E-state index is 11.2. The van der Waals surface area contributed by atoms with Crippen molar-refractivity contribution in [1.29, 1.82) is 0 Å². The molecule has 1 rings (SSSR count). The molecule has 1 fully saturated rings. The van der Waals surface area contributed by atoms with E-state index in [2.05, 4.69) is 11.2 Å². The highest BCUT2D eigenvalue weighted by molar-refractivity contribution is 5.82. The predicted molar refractivity (Wildman–Crippen MR) is 48.6 cm³/mol. The Hall–Kier alpha value is -1.05. The Bertz CT molecular complexity index is 228. The number of hydrogen-bond donors (Lipinski definition) is 3. The van der Waals surface area contributed by atoms with Crippen molar-refractivity contribution in [1.82, 2.24) is 5.32 Å². The van der Waals surface area contributed by atoms with Crippen LogP contribution in [0.2, 0.25) is 0 Å². The van der Waals surface area contributed by atoms with Crippen LogP contribution in [0, 0.1) is 12.3 Å². The van der Waals surface area contributed by atoms with Gasteiger partial charge in [0, 0.05) is 12.5 Å². The molecule has 1 unspecified atom stereocenters. The highest BCUT2D eigenvalue weighted by atomic mass is 16.3. The SMILES string of the molecule is C#CCC(N)C(=O)NC1CC(O)C1. The van der Waals surface area contributed by atoms with E-state index in [9.17, 15) is 4.79 Å². The summed E-state index contributed by atoms with van der Waals surface area (Å²) < 4.78 is 0. The van der Waals surface area contributed by atoms with Gasteiger partial charge in [-0.15, -0.1) is 12.3 Å². The van der Waals surface area contributed by atoms with Gasteiger partial charge in [-0.2, -0.15) is 0 Å². The molecule has 0 aromatic carbocycles. The van der Waals surface area contributed by atoms with E-state index >= 15 is 0 Å². The lowest BCUT2D eigenvalue weighted by atomic mass is 9.89. The summed E-state index contributed by atoms with van der Waals surface area (Å²) in [6.45, 7) is 0. The zero-order valence-electron chi connectivity index (χ0n) is 7.36. The van der Waals surface area contributed by atoms with Gasteiger partial charge in [-0.3, -0.25) is 4.79 Å². The molecule has 4 heteroatoms. The van der Waals surface area contributed by atoms with Gasteiger partial charge in [-0.1, -0.05) is 0 Å². The number of aliphatic hydroxyl groups excluding tert-OH is 1. The van der Waals surface area contributed by atoms with Crippen LogP contribution in [0.3, 0.4) is 0 Å². The number of nitrogens with two attached hydrogens (primary N) is 1. The fourth-order valence-corrected chi connectivity index (χ4v) is 1.23. The summed E-state index contributed by atoms with van der Waals surface area (Å²) in [4.78, 5) is 11.2. The Kier molecular flexibility index (Phi) is 3.29. The van der Waals surface area contributed by atoms with E-state index in [4.69, 9.17) is 17.3 Å². The number of nitrogens with one attached hydrogen (secondary N) is 1. The van der Waals surface area contributed by atoms with Crippen molar-refractivity contribution in [2.75, 3.05) is 0 Å². The summed E-state index contributed by atoms with van der Waals surface area (Å²) >= 11 is 0. The number of carbonyl (C=O) groups is 1. The summed E-state index contributed by atoms with van der Waals surface area (Å²) in [5, 5.41) is 11.7. The standard InChI is InChI=1S/C9H14N2O2/c1-2-3-8(10)9(13)11-6-4-7(12)5-6/h1,6-8,12H,3-5,10H2,(H,11,13). The van der Waals surface area contributed by atoms with Crippen molar-refractivity contribution >= 4 is 5.91 Å². The van der Waals surface area contributed by atoms with Crippen LogP contribution < -0.4 is 11.1 Å². The van der Waals surface area contributed by atoms with E-state index in [1.54, 1.807) is 0 Å². The van der Waals surface area contributed by atoms with Gasteiger partial charge in [0.05, 0.1) is 12.1 Å². The van der Waals surface area contributed by atoms with Crippen molar-refractivity contribution in [3.63, 3.8) is 0 Å². The van der Waals surface area contributed by atoms with Crippen molar-refractivity contribution in [3.05, 3.63) is 0 Å². The number of hydrogen-bond acceptors (Lipinski definition) is 3. The van der Waals surface area contributed by atoms with Gasteiger partial charge >= 0.3 is 0 Å². The fourth-order valence-electron chi connectivity index (χ4n) is 1.23. The summed E-state index contributed by atoms with van der Waals surface area (Å²) in [5.41, 5.74) is 5.47. The van der Waals surface area contributed by atoms with Crippen LogP contribution in [-0.2, 0) is 4.79 Å². The van der Waals surface area contributed by atoms with Gasteiger partial charge in [-0.05, 0) is 12.8 Å². The van der Waals surface area contributed by atoms with E-state index in [1.165, 1.54) is 0 Å². The third kappa shape index (κ3) is 2.72. The zero-order chi connectivity index (χ0) is 9.84. The first-order valence-corrected chi connectivity index (χ1v) is 4.31. The van der Waals surface area contributed by atoms with E-state index in [0.29, 0.717) is 12.8 Å². The molecule has 0 heterocycles. The lowest BCUT2D eigenvalue weighted by molar-refractivity contribution is -0.124. The Morgan fingerprint density at radius 3 is 2.85 bits per heavy atom. The second kappa shape index (κ2) is 4.26. The Balaban J connectivity index is 2.22. The molecule has 0 aromatic rings. The molecule has 0 bridgehead atoms. The smallest absolute Gasteiger partial charge is 0.238 e. The highest BCUT2D eigenvalue weighted by Gasteiger charge is 2.29. The number of aliphatic hydroxyl groups is 1. The molecule has 72 valence electrons.